The van der Waals surface area contributed by atoms with Crippen molar-refractivity contribution in [1.29, 1.82) is 0 Å². The molecule has 1 amide bonds. The second kappa shape index (κ2) is 7.81. The number of imidazole rings is 1. The van der Waals surface area contributed by atoms with Crippen LogP contribution in [0, 0.1) is 13.8 Å². The quantitative estimate of drug-likeness (QED) is 0.450. The summed E-state index contributed by atoms with van der Waals surface area (Å²) < 4.78 is 30.3. The Labute approximate surface area is 184 Å². The number of carbonyl (C=O) groups excluding carboxylic acids is 1. The van der Waals surface area contributed by atoms with E-state index < -0.39 is 15.9 Å². The zero-order valence-electron chi connectivity index (χ0n) is 18.1. The van der Waals surface area contributed by atoms with Crippen LogP contribution in [0.3, 0.4) is 0 Å². The lowest BCUT2D eigenvalue weighted by atomic mass is 10.2. The van der Waals surface area contributed by atoms with Crippen LogP contribution in [0.1, 0.15) is 21.7 Å². The second-order valence-electron chi connectivity index (χ2n) is 7.57. The fourth-order valence-electron chi connectivity index (χ4n) is 3.86. The molecule has 0 unspecified atom stereocenters. The summed E-state index contributed by atoms with van der Waals surface area (Å²) in [5.74, 6) is -0.572. The average molecular weight is 454 g/mol. The Morgan fingerprint density at radius 3 is 2.25 bits per heavy atom. The summed E-state index contributed by atoms with van der Waals surface area (Å²) in [6.45, 7) is 3.67. The summed E-state index contributed by atoms with van der Waals surface area (Å²) in [5, 5.41) is 0. The third kappa shape index (κ3) is 3.53. The Kier molecular flexibility index (Phi) is 5.27. The minimum atomic E-state index is -4.06. The van der Waals surface area contributed by atoms with Crippen molar-refractivity contribution < 1.29 is 13.2 Å². The van der Waals surface area contributed by atoms with Gasteiger partial charge in [0.05, 0.1) is 21.5 Å². The van der Waals surface area contributed by atoms with Crippen LogP contribution in [0.15, 0.2) is 64.3 Å². The maximum absolute atomic E-state index is 12.8. The number of benzene rings is 2. The number of amides is 1. The molecule has 0 aliphatic carbocycles. The van der Waals surface area contributed by atoms with Crippen LogP contribution in [0.2, 0.25) is 0 Å². The topological polar surface area (TPSA) is 107 Å². The zero-order chi connectivity index (χ0) is 23.2. The first-order chi connectivity index (χ1) is 15.1. The lowest BCUT2D eigenvalue weighted by Crippen LogP contribution is -2.41. The molecule has 2 N–H and O–H groups in total. The molecule has 0 saturated heterocycles. The Hall–Kier alpha value is -3.63. The molecule has 0 radical (unpaired) electrons. The predicted molar refractivity (Wildman–Crippen MR) is 121 cm³/mol. The predicted octanol–water partition coefficient (Wildman–Crippen LogP) is 1.91. The fraction of sp³-hybridized carbons (Fsp3) is 0.182. The van der Waals surface area contributed by atoms with Gasteiger partial charge in [-0.15, -0.1) is 4.83 Å². The van der Waals surface area contributed by atoms with Crippen molar-refractivity contribution >= 4 is 27.0 Å². The van der Waals surface area contributed by atoms with E-state index in [1.54, 1.807) is 33.2 Å². The molecule has 10 heteroatoms. The van der Waals surface area contributed by atoms with Gasteiger partial charge in [0, 0.05) is 31.2 Å². The SMILES string of the molecule is Cc1cc(C(=O)NNS(=O)(=O)c2ccc3c(c2)n(C)c(=O)n3C)c(C)n1-c1ccccc1. The molecule has 0 fully saturated rings. The fourth-order valence-corrected chi connectivity index (χ4v) is 4.72. The second-order valence-corrected chi connectivity index (χ2v) is 9.25. The summed E-state index contributed by atoms with van der Waals surface area (Å²) >= 11 is 0. The van der Waals surface area contributed by atoms with E-state index in [1.165, 1.54) is 21.3 Å². The van der Waals surface area contributed by atoms with Gasteiger partial charge in [0.25, 0.3) is 15.9 Å². The first-order valence-electron chi connectivity index (χ1n) is 9.84. The minimum Gasteiger partial charge on any atom is -0.318 e. The Morgan fingerprint density at radius 2 is 1.56 bits per heavy atom. The summed E-state index contributed by atoms with van der Waals surface area (Å²) in [7, 11) is -0.874. The molecule has 2 aromatic carbocycles. The maximum atomic E-state index is 12.8. The van der Waals surface area contributed by atoms with Crippen molar-refractivity contribution in [3.8, 4) is 5.69 Å². The summed E-state index contributed by atoms with van der Waals surface area (Å²) in [5.41, 5.74) is 5.90. The van der Waals surface area contributed by atoms with Crippen molar-refractivity contribution in [1.82, 2.24) is 24.0 Å². The van der Waals surface area contributed by atoms with Gasteiger partial charge in [-0.3, -0.25) is 19.4 Å². The van der Waals surface area contributed by atoms with Gasteiger partial charge in [-0.1, -0.05) is 18.2 Å². The number of sulfonamides is 1. The molecule has 32 heavy (non-hydrogen) atoms. The molecule has 4 rings (SSSR count). The Morgan fingerprint density at radius 1 is 0.906 bits per heavy atom. The Balaban J connectivity index is 1.59. The van der Waals surface area contributed by atoms with Crippen LogP contribution in [0.25, 0.3) is 16.7 Å². The Bertz CT molecular complexity index is 1510. The largest absolute Gasteiger partial charge is 0.328 e. The number of rotatable bonds is 5. The highest BCUT2D eigenvalue weighted by Gasteiger charge is 2.21. The summed E-state index contributed by atoms with van der Waals surface area (Å²) in [6.07, 6.45) is 0. The van der Waals surface area contributed by atoms with Crippen LogP contribution >= 0.6 is 0 Å². The van der Waals surface area contributed by atoms with E-state index in [2.05, 4.69) is 10.3 Å². The lowest BCUT2D eigenvalue weighted by Gasteiger charge is -2.11. The molecule has 0 aliphatic rings. The molecule has 9 nitrogen and oxygen atoms in total. The number of hydrogen-bond donors (Lipinski definition) is 2. The summed E-state index contributed by atoms with van der Waals surface area (Å²) in [6, 6.07) is 15.6. The number of fused-ring (bicyclic) bond motifs is 1. The lowest BCUT2D eigenvalue weighted by molar-refractivity contribution is 0.0944. The van der Waals surface area contributed by atoms with Gasteiger partial charge in [0.15, 0.2) is 0 Å². The van der Waals surface area contributed by atoms with Crippen LogP contribution in [0.4, 0.5) is 0 Å². The van der Waals surface area contributed by atoms with Crippen LogP contribution in [-0.2, 0) is 24.1 Å². The molecule has 0 aliphatic heterocycles. The van der Waals surface area contributed by atoms with Crippen LogP contribution < -0.4 is 15.9 Å². The van der Waals surface area contributed by atoms with Crippen molar-refractivity contribution in [2.45, 2.75) is 18.7 Å². The van der Waals surface area contributed by atoms with Gasteiger partial charge >= 0.3 is 5.69 Å². The normalized spacial score (nSPS) is 11.8. The van der Waals surface area contributed by atoms with Crippen molar-refractivity contribution in [3.63, 3.8) is 0 Å². The standard InChI is InChI=1S/C22H23N5O4S/c1-14-12-18(15(2)27(14)16-8-6-5-7-9-16)21(28)23-24-32(30,31)17-10-11-19-20(13-17)26(4)22(29)25(19)3/h5-13,24H,1-4H3,(H,23,28). The van der Waals surface area contributed by atoms with E-state index in [0.717, 1.165) is 11.4 Å². The highest BCUT2D eigenvalue weighted by atomic mass is 32.2. The third-order valence-electron chi connectivity index (χ3n) is 5.54. The van der Waals surface area contributed by atoms with Crippen molar-refractivity contribution in [2.24, 2.45) is 14.1 Å². The maximum Gasteiger partial charge on any atom is 0.328 e. The van der Waals surface area contributed by atoms with Gasteiger partial charge in [0.2, 0.25) is 0 Å². The number of hydrazine groups is 1. The molecule has 166 valence electrons. The van der Waals surface area contributed by atoms with Crippen molar-refractivity contribution in [2.75, 3.05) is 0 Å². The van der Waals surface area contributed by atoms with Gasteiger partial charge in [-0.05, 0) is 50.2 Å². The zero-order valence-corrected chi connectivity index (χ0v) is 18.9. The number of carbonyl (C=O) groups is 1. The third-order valence-corrected chi connectivity index (χ3v) is 6.79. The smallest absolute Gasteiger partial charge is 0.318 e. The van der Waals surface area contributed by atoms with Gasteiger partial charge in [0.1, 0.15) is 0 Å². The molecule has 0 atom stereocenters. The van der Waals surface area contributed by atoms with Crippen LogP contribution in [0.5, 0.6) is 0 Å². The van der Waals surface area contributed by atoms with E-state index >= 15 is 0 Å². The van der Waals surface area contributed by atoms with E-state index in [-0.39, 0.29) is 10.6 Å². The monoisotopic (exact) mass is 453 g/mol. The number of aryl methyl sites for hydroxylation is 3. The first kappa shape index (κ1) is 21.6. The van der Waals surface area contributed by atoms with E-state index in [0.29, 0.717) is 22.3 Å². The number of nitrogens with zero attached hydrogens (tertiary/aromatic N) is 3. The van der Waals surface area contributed by atoms with Gasteiger partial charge in [-0.2, -0.15) is 0 Å². The van der Waals surface area contributed by atoms with Gasteiger partial charge in [-0.25, -0.2) is 13.2 Å². The van der Waals surface area contributed by atoms with Crippen molar-refractivity contribution in [3.05, 3.63) is 82.0 Å². The molecular weight excluding hydrogens is 430 g/mol. The number of aromatic nitrogens is 3. The molecular formula is C22H23N5O4S. The first-order valence-corrected chi connectivity index (χ1v) is 11.3. The molecule has 0 bridgehead atoms. The number of hydrogen-bond acceptors (Lipinski definition) is 4. The molecule has 0 saturated carbocycles. The highest BCUT2D eigenvalue weighted by Crippen LogP contribution is 2.21. The summed E-state index contributed by atoms with van der Waals surface area (Å²) in [4.78, 5) is 26.9. The van der Waals surface area contributed by atoms with Gasteiger partial charge < -0.3 is 4.57 Å². The highest BCUT2D eigenvalue weighted by molar-refractivity contribution is 7.89. The minimum absolute atomic E-state index is 0.0683. The molecule has 2 heterocycles. The molecule has 0 spiro atoms. The molecule has 4 aromatic rings. The number of para-hydroxylation sites is 1. The number of nitrogens with one attached hydrogen (secondary N) is 2. The van der Waals surface area contributed by atoms with E-state index in [1.807, 2.05) is 41.8 Å². The average Bonchev–Trinajstić information content (AvgIpc) is 3.20. The van der Waals surface area contributed by atoms with E-state index in [9.17, 15) is 18.0 Å². The van der Waals surface area contributed by atoms with E-state index in [4.69, 9.17) is 0 Å². The van der Waals surface area contributed by atoms with Crippen LogP contribution in [-0.4, -0.2) is 28.0 Å². The molecule has 2 aromatic heterocycles.